The summed E-state index contributed by atoms with van der Waals surface area (Å²) in [5.41, 5.74) is 0.590. The monoisotopic (exact) mass is 368 g/mol. The van der Waals surface area contributed by atoms with Gasteiger partial charge in [-0.1, -0.05) is 11.6 Å². The lowest BCUT2D eigenvalue weighted by Crippen LogP contribution is -2.04. The molecular weight excluding hydrogens is 360 g/mol. The molecule has 0 radical (unpaired) electrons. The van der Waals surface area contributed by atoms with Gasteiger partial charge in [0.25, 0.3) is 6.43 Å². The number of alkyl halides is 2. The van der Waals surface area contributed by atoms with Crippen molar-refractivity contribution >= 4 is 11.6 Å². The largest absolute Gasteiger partial charge is 0.297 e. The van der Waals surface area contributed by atoms with Crippen molar-refractivity contribution < 1.29 is 17.6 Å². The fourth-order valence-electron chi connectivity index (χ4n) is 2.15. The highest BCUT2D eigenvalue weighted by Crippen LogP contribution is 2.26. The van der Waals surface area contributed by atoms with Crippen LogP contribution in [0.1, 0.15) is 23.6 Å². The van der Waals surface area contributed by atoms with E-state index in [1.54, 1.807) is 0 Å². The van der Waals surface area contributed by atoms with Crippen LogP contribution in [0.2, 0.25) is 5.02 Å². The van der Waals surface area contributed by atoms with E-state index in [-0.39, 0.29) is 17.7 Å². The van der Waals surface area contributed by atoms with Gasteiger partial charge in [-0.2, -0.15) is 0 Å². The summed E-state index contributed by atoms with van der Waals surface area (Å²) < 4.78 is 52.5. The van der Waals surface area contributed by atoms with Gasteiger partial charge in [0.2, 0.25) is 0 Å². The number of aromatic nitrogens is 4. The first-order valence-corrected chi connectivity index (χ1v) is 7.37. The van der Waals surface area contributed by atoms with Gasteiger partial charge >= 0.3 is 0 Å². The predicted octanol–water partition coefficient (Wildman–Crippen LogP) is 4.39. The molecule has 9 heteroatoms. The second-order valence-corrected chi connectivity index (χ2v) is 5.46. The highest BCUT2D eigenvalue weighted by molar-refractivity contribution is 6.30. The standard InChI is InChI=1S/C16H9ClF4N4/c17-10-6-22-13(23-7-10)4-9-5-24-16(15(20)21)25-14(9)8-1-2-11(18)12(19)3-8/h1-3,5-7,15H,4H2. The Morgan fingerprint density at radius 2 is 1.68 bits per heavy atom. The van der Waals surface area contributed by atoms with Crippen LogP contribution in [0.4, 0.5) is 17.6 Å². The minimum atomic E-state index is -2.90. The Kier molecular flexibility index (Phi) is 4.89. The molecule has 3 rings (SSSR count). The lowest BCUT2D eigenvalue weighted by molar-refractivity contribution is 0.140. The summed E-state index contributed by atoms with van der Waals surface area (Å²) in [6, 6.07) is 3.04. The quantitative estimate of drug-likeness (QED) is 0.641. The highest BCUT2D eigenvalue weighted by Gasteiger charge is 2.17. The van der Waals surface area contributed by atoms with E-state index in [1.807, 2.05) is 0 Å². The molecule has 0 atom stereocenters. The number of hydrogen-bond donors (Lipinski definition) is 0. The van der Waals surface area contributed by atoms with Gasteiger partial charge in [-0.05, 0) is 18.2 Å². The molecule has 0 spiro atoms. The number of halogens is 5. The van der Waals surface area contributed by atoms with E-state index >= 15 is 0 Å². The van der Waals surface area contributed by atoms with Crippen LogP contribution in [0, 0.1) is 11.6 Å². The Labute approximate surface area is 144 Å². The van der Waals surface area contributed by atoms with Crippen molar-refractivity contribution in [2.45, 2.75) is 12.8 Å². The molecule has 2 aromatic heterocycles. The van der Waals surface area contributed by atoms with E-state index in [9.17, 15) is 17.6 Å². The molecule has 0 unspecified atom stereocenters. The number of rotatable bonds is 4. The maximum atomic E-state index is 13.5. The summed E-state index contributed by atoms with van der Waals surface area (Å²) >= 11 is 5.72. The molecule has 0 fully saturated rings. The summed E-state index contributed by atoms with van der Waals surface area (Å²) in [7, 11) is 0. The molecular formula is C16H9ClF4N4. The van der Waals surface area contributed by atoms with E-state index in [4.69, 9.17) is 11.6 Å². The molecule has 0 saturated heterocycles. The molecule has 0 aliphatic heterocycles. The minimum Gasteiger partial charge on any atom is -0.239 e. The summed E-state index contributed by atoms with van der Waals surface area (Å²) in [6.07, 6.45) is 1.17. The van der Waals surface area contributed by atoms with Crippen molar-refractivity contribution in [3.8, 4) is 11.3 Å². The topological polar surface area (TPSA) is 51.6 Å². The third-order valence-corrected chi connectivity index (χ3v) is 3.49. The Balaban J connectivity index is 2.07. The third kappa shape index (κ3) is 3.90. The molecule has 0 N–H and O–H groups in total. The highest BCUT2D eigenvalue weighted by atomic mass is 35.5. The lowest BCUT2D eigenvalue weighted by atomic mass is 10.0. The molecule has 128 valence electrons. The van der Waals surface area contributed by atoms with Crippen LogP contribution in [0.15, 0.2) is 36.8 Å². The van der Waals surface area contributed by atoms with Crippen LogP contribution in [0.3, 0.4) is 0 Å². The van der Waals surface area contributed by atoms with Gasteiger partial charge in [0, 0.05) is 36.1 Å². The van der Waals surface area contributed by atoms with Gasteiger partial charge < -0.3 is 0 Å². The van der Waals surface area contributed by atoms with Gasteiger partial charge in [0.15, 0.2) is 17.5 Å². The molecule has 0 aliphatic rings. The molecule has 4 nitrogen and oxygen atoms in total. The third-order valence-electron chi connectivity index (χ3n) is 3.29. The Morgan fingerprint density at radius 1 is 0.960 bits per heavy atom. The van der Waals surface area contributed by atoms with Gasteiger partial charge in [0.05, 0.1) is 10.7 Å². The van der Waals surface area contributed by atoms with Gasteiger partial charge in [-0.15, -0.1) is 0 Å². The molecule has 0 bridgehead atoms. The molecule has 0 amide bonds. The Morgan fingerprint density at radius 3 is 2.32 bits per heavy atom. The van der Waals surface area contributed by atoms with E-state index in [2.05, 4.69) is 19.9 Å². The summed E-state index contributed by atoms with van der Waals surface area (Å²) in [5.74, 6) is -2.51. The lowest BCUT2D eigenvalue weighted by Gasteiger charge is -2.10. The number of hydrogen-bond acceptors (Lipinski definition) is 4. The van der Waals surface area contributed by atoms with Crippen molar-refractivity contribution in [1.29, 1.82) is 0 Å². The van der Waals surface area contributed by atoms with Crippen LogP contribution < -0.4 is 0 Å². The van der Waals surface area contributed by atoms with Crippen molar-refractivity contribution in [3.05, 3.63) is 70.7 Å². The predicted molar refractivity (Wildman–Crippen MR) is 82.2 cm³/mol. The molecule has 0 aliphatic carbocycles. The van der Waals surface area contributed by atoms with Crippen molar-refractivity contribution in [1.82, 2.24) is 19.9 Å². The molecule has 2 heterocycles. The zero-order chi connectivity index (χ0) is 18.0. The van der Waals surface area contributed by atoms with Crippen LogP contribution in [0.5, 0.6) is 0 Å². The van der Waals surface area contributed by atoms with Gasteiger partial charge in [0.1, 0.15) is 5.82 Å². The molecule has 0 saturated carbocycles. The first kappa shape index (κ1) is 17.2. The van der Waals surface area contributed by atoms with Gasteiger partial charge in [-0.3, -0.25) is 0 Å². The Hall–Kier alpha value is -2.61. The van der Waals surface area contributed by atoms with E-state index in [1.165, 1.54) is 24.7 Å². The van der Waals surface area contributed by atoms with Crippen LogP contribution >= 0.6 is 11.6 Å². The fraction of sp³-hybridized carbons (Fsp3) is 0.125. The van der Waals surface area contributed by atoms with Crippen LogP contribution in [0.25, 0.3) is 11.3 Å². The van der Waals surface area contributed by atoms with Crippen LogP contribution in [-0.4, -0.2) is 19.9 Å². The summed E-state index contributed by atoms with van der Waals surface area (Å²) in [4.78, 5) is 15.4. The van der Waals surface area contributed by atoms with E-state index in [0.717, 1.165) is 12.1 Å². The molecule has 25 heavy (non-hydrogen) atoms. The minimum absolute atomic E-state index is 0.0581. The average Bonchev–Trinajstić information content (AvgIpc) is 2.59. The smallest absolute Gasteiger partial charge is 0.239 e. The maximum Gasteiger partial charge on any atom is 0.297 e. The molecule has 3 aromatic rings. The number of benzene rings is 1. The zero-order valence-electron chi connectivity index (χ0n) is 12.4. The second kappa shape index (κ2) is 7.10. The van der Waals surface area contributed by atoms with E-state index < -0.39 is 23.9 Å². The Bertz CT molecular complexity index is 903. The van der Waals surface area contributed by atoms with Crippen LogP contribution in [-0.2, 0) is 6.42 Å². The first-order chi connectivity index (χ1) is 11.9. The van der Waals surface area contributed by atoms with E-state index in [0.29, 0.717) is 16.4 Å². The van der Waals surface area contributed by atoms with Gasteiger partial charge in [-0.25, -0.2) is 37.5 Å². The first-order valence-electron chi connectivity index (χ1n) is 7.00. The summed E-state index contributed by atoms with van der Waals surface area (Å²) in [5, 5.41) is 0.342. The van der Waals surface area contributed by atoms with Crippen molar-refractivity contribution in [3.63, 3.8) is 0 Å². The van der Waals surface area contributed by atoms with Crippen molar-refractivity contribution in [2.75, 3.05) is 0 Å². The second-order valence-electron chi connectivity index (χ2n) is 5.03. The summed E-state index contributed by atoms with van der Waals surface area (Å²) in [6.45, 7) is 0. The van der Waals surface area contributed by atoms with Crippen molar-refractivity contribution in [2.24, 2.45) is 0 Å². The number of nitrogens with zero attached hydrogens (tertiary/aromatic N) is 4. The maximum absolute atomic E-state index is 13.5. The SMILES string of the molecule is Fc1ccc(-c2nc(C(F)F)ncc2Cc2ncc(Cl)cn2)cc1F. The zero-order valence-corrected chi connectivity index (χ0v) is 13.2. The average molecular weight is 369 g/mol. The molecule has 1 aromatic carbocycles. The fourth-order valence-corrected chi connectivity index (χ4v) is 2.25. The normalized spacial score (nSPS) is 11.1.